The summed E-state index contributed by atoms with van der Waals surface area (Å²) in [5.74, 6) is 0.503. The summed E-state index contributed by atoms with van der Waals surface area (Å²) in [5, 5.41) is 29.5. The van der Waals surface area contributed by atoms with E-state index in [4.69, 9.17) is 14.2 Å². The van der Waals surface area contributed by atoms with E-state index in [-0.39, 0.29) is 22.8 Å². The quantitative estimate of drug-likeness (QED) is 0.133. The first kappa shape index (κ1) is 27.2. The third kappa shape index (κ3) is 6.18. The number of carbonyl (C=O) groups is 1. The first-order valence-electron chi connectivity index (χ1n) is 11.6. The number of rotatable bonds is 11. The van der Waals surface area contributed by atoms with Crippen molar-refractivity contribution < 1.29 is 29.0 Å². The Kier molecular flexibility index (Phi) is 8.46. The fraction of sp³-hybridized carbons (Fsp3) is 0.185. The van der Waals surface area contributed by atoms with Gasteiger partial charge in [0, 0.05) is 23.6 Å². The number of hydrogen-bond donors (Lipinski definition) is 1. The van der Waals surface area contributed by atoms with E-state index in [9.17, 15) is 20.0 Å². The molecule has 0 amide bonds. The molecule has 0 bridgehead atoms. The predicted octanol–water partition coefficient (Wildman–Crippen LogP) is 6.19. The molecule has 0 saturated heterocycles. The van der Waals surface area contributed by atoms with Gasteiger partial charge in [-0.2, -0.15) is 5.11 Å². The number of para-hydroxylation sites is 1. The molecule has 0 aliphatic carbocycles. The van der Waals surface area contributed by atoms with E-state index < -0.39 is 16.9 Å². The third-order valence-corrected chi connectivity index (χ3v) is 6.78. The summed E-state index contributed by atoms with van der Waals surface area (Å²) in [7, 11) is 4.67. The fourth-order valence-corrected chi connectivity index (χ4v) is 4.76. The van der Waals surface area contributed by atoms with Crippen LogP contribution in [0.1, 0.15) is 5.56 Å². The number of aliphatic carboxylic acids is 1. The second-order valence-electron chi connectivity index (χ2n) is 8.13. The van der Waals surface area contributed by atoms with Crippen molar-refractivity contribution in [3.8, 4) is 38.9 Å². The van der Waals surface area contributed by atoms with Crippen LogP contribution in [0.2, 0.25) is 0 Å². The Morgan fingerprint density at radius 2 is 1.69 bits per heavy atom. The SMILES string of the molecule is COc1ccc(-c2sc(N=NC(Cc3ccccc3[N+](=O)[O-])C(=O)O)nc2-c2ccc(OC)c(OC)c2)cc1. The number of ether oxygens (including phenoxy) is 3. The van der Waals surface area contributed by atoms with E-state index in [1.807, 2.05) is 30.3 Å². The van der Waals surface area contributed by atoms with Gasteiger partial charge in [-0.05, 0) is 48.0 Å². The number of azo groups is 1. The summed E-state index contributed by atoms with van der Waals surface area (Å²) < 4.78 is 16.1. The summed E-state index contributed by atoms with van der Waals surface area (Å²) in [5.41, 5.74) is 2.23. The van der Waals surface area contributed by atoms with Crippen molar-refractivity contribution in [2.45, 2.75) is 12.5 Å². The van der Waals surface area contributed by atoms with E-state index in [0.717, 1.165) is 16.0 Å². The molecule has 11 nitrogen and oxygen atoms in total. The van der Waals surface area contributed by atoms with Crippen LogP contribution in [0.15, 0.2) is 77.0 Å². The smallest absolute Gasteiger partial charge is 0.330 e. The molecule has 0 saturated carbocycles. The lowest BCUT2D eigenvalue weighted by Gasteiger charge is -2.09. The van der Waals surface area contributed by atoms with Crippen LogP contribution in [0.3, 0.4) is 0 Å². The average molecular weight is 549 g/mol. The van der Waals surface area contributed by atoms with Crippen LogP contribution in [0.25, 0.3) is 21.7 Å². The minimum atomic E-state index is -1.34. The van der Waals surface area contributed by atoms with Crippen molar-refractivity contribution in [1.82, 2.24) is 4.98 Å². The number of thiazole rings is 1. The van der Waals surface area contributed by atoms with Gasteiger partial charge >= 0.3 is 5.97 Å². The number of aromatic nitrogens is 1. The van der Waals surface area contributed by atoms with Gasteiger partial charge in [0.25, 0.3) is 5.69 Å². The Labute approximate surface area is 227 Å². The molecular weight excluding hydrogens is 524 g/mol. The van der Waals surface area contributed by atoms with Crippen molar-refractivity contribution in [3.05, 3.63) is 82.4 Å². The molecule has 0 spiro atoms. The van der Waals surface area contributed by atoms with Crippen LogP contribution in [-0.4, -0.2) is 48.4 Å². The molecule has 4 rings (SSSR count). The molecule has 1 heterocycles. The highest BCUT2D eigenvalue weighted by Crippen LogP contribution is 2.43. The molecule has 4 aromatic rings. The summed E-state index contributed by atoms with van der Waals surface area (Å²) in [6, 6.07) is 17.4. The van der Waals surface area contributed by atoms with Crippen molar-refractivity contribution in [2.24, 2.45) is 10.2 Å². The maximum atomic E-state index is 11.9. The zero-order chi connectivity index (χ0) is 27.9. The Hall–Kier alpha value is -4.84. The van der Waals surface area contributed by atoms with Gasteiger partial charge in [-0.25, -0.2) is 9.78 Å². The molecule has 0 radical (unpaired) electrons. The molecule has 1 atom stereocenters. The van der Waals surface area contributed by atoms with Gasteiger partial charge in [0.1, 0.15) is 5.75 Å². The summed E-state index contributed by atoms with van der Waals surface area (Å²) in [6.07, 6.45) is -0.199. The van der Waals surface area contributed by atoms with Crippen LogP contribution in [0, 0.1) is 10.1 Å². The normalized spacial score (nSPS) is 11.8. The number of nitrogens with zero attached hydrogens (tertiary/aromatic N) is 4. The number of benzene rings is 3. The van der Waals surface area contributed by atoms with Crippen molar-refractivity contribution >= 4 is 28.1 Å². The second-order valence-corrected chi connectivity index (χ2v) is 9.11. The molecule has 0 aliphatic rings. The van der Waals surface area contributed by atoms with Crippen LogP contribution in [0.4, 0.5) is 10.8 Å². The van der Waals surface area contributed by atoms with Gasteiger partial charge in [-0.15, -0.1) is 5.11 Å². The zero-order valence-corrected chi connectivity index (χ0v) is 22.0. The van der Waals surface area contributed by atoms with Crippen molar-refractivity contribution in [2.75, 3.05) is 21.3 Å². The van der Waals surface area contributed by atoms with E-state index in [1.165, 1.54) is 36.6 Å². The average Bonchev–Trinajstić information content (AvgIpc) is 3.39. The molecule has 0 aliphatic heterocycles. The molecule has 1 unspecified atom stereocenters. The number of carboxylic acid groups (broad SMARTS) is 1. The number of carboxylic acids is 1. The standard InChI is InChI=1S/C27H24N4O7S/c1-36-19-11-8-16(9-12-19)25-24(18-10-13-22(37-2)23(15-18)38-3)28-27(39-25)30-29-20(26(32)33)14-17-6-4-5-7-21(17)31(34)35/h4-13,15,20H,14H2,1-3H3,(H,32,33). The topological polar surface area (TPSA) is 146 Å². The lowest BCUT2D eigenvalue weighted by molar-refractivity contribution is -0.385. The van der Waals surface area contributed by atoms with Gasteiger partial charge in [0.15, 0.2) is 17.5 Å². The molecule has 39 heavy (non-hydrogen) atoms. The molecule has 3 aromatic carbocycles. The van der Waals surface area contributed by atoms with Crippen LogP contribution >= 0.6 is 11.3 Å². The summed E-state index contributed by atoms with van der Waals surface area (Å²) >= 11 is 1.23. The van der Waals surface area contributed by atoms with Crippen molar-refractivity contribution in [1.29, 1.82) is 0 Å². The number of nitro groups is 1. The Morgan fingerprint density at radius 3 is 2.33 bits per heavy atom. The fourth-order valence-electron chi connectivity index (χ4n) is 3.84. The first-order chi connectivity index (χ1) is 18.8. The van der Waals surface area contributed by atoms with E-state index >= 15 is 0 Å². The highest BCUT2D eigenvalue weighted by molar-refractivity contribution is 7.19. The Balaban J connectivity index is 1.74. The molecule has 200 valence electrons. The number of nitro benzene ring substituents is 1. The third-order valence-electron chi connectivity index (χ3n) is 5.79. The lowest BCUT2D eigenvalue weighted by atomic mass is 10.0. The monoisotopic (exact) mass is 548 g/mol. The van der Waals surface area contributed by atoms with Gasteiger partial charge in [-0.3, -0.25) is 10.1 Å². The maximum absolute atomic E-state index is 11.9. The van der Waals surface area contributed by atoms with Gasteiger partial charge in [-0.1, -0.05) is 29.5 Å². The zero-order valence-electron chi connectivity index (χ0n) is 21.2. The largest absolute Gasteiger partial charge is 0.497 e. The Morgan fingerprint density at radius 1 is 1.00 bits per heavy atom. The maximum Gasteiger partial charge on any atom is 0.330 e. The van der Waals surface area contributed by atoms with Crippen LogP contribution < -0.4 is 14.2 Å². The van der Waals surface area contributed by atoms with Gasteiger partial charge in [0.05, 0.1) is 36.8 Å². The number of methoxy groups -OCH3 is 3. The van der Waals surface area contributed by atoms with Gasteiger partial charge < -0.3 is 19.3 Å². The second kappa shape index (κ2) is 12.1. The first-order valence-corrected chi connectivity index (χ1v) is 12.4. The Bertz CT molecular complexity index is 1520. The van der Waals surface area contributed by atoms with Gasteiger partial charge in [0.2, 0.25) is 5.13 Å². The highest BCUT2D eigenvalue weighted by atomic mass is 32.1. The number of hydrogen-bond acceptors (Lipinski definition) is 10. The summed E-state index contributed by atoms with van der Waals surface area (Å²) in [4.78, 5) is 28.2. The molecular formula is C27H24N4O7S. The molecule has 12 heteroatoms. The highest BCUT2D eigenvalue weighted by Gasteiger charge is 2.23. The molecule has 1 aromatic heterocycles. The minimum Gasteiger partial charge on any atom is -0.497 e. The van der Waals surface area contributed by atoms with E-state index in [1.54, 1.807) is 32.4 Å². The predicted molar refractivity (Wildman–Crippen MR) is 145 cm³/mol. The van der Waals surface area contributed by atoms with Crippen molar-refractivity contribution in [3.63, 3.8) is 0 Å². The molecule has 1 N–H and O–H groups in total. The molecule has 0 fully saturated rings. The van der Waals surface area contributed by atoms with Crippen LogP contribution in [0.5, 0.6) is 17.2 Å². The lowest BCUT2D eigenvalue weighted by Crippen LogP contribution is -2.20. The van der Waals surface area contributed by atoms with E-state index in [0.29, 0.717) is 22.9 Å². The summed E-state index contributed by atoms with van der Waals surface area (Å²) in [6.45, 7) is 0. The van der Waals surface area contributed by atoms with E-state index in [2.05, 4.69) is 15.2 Å². The van der Waals surface area contributed by atoms with Crippen LogP contribution in [-0.2, 0) is 11.2 Å². The minimum absolute atomic E-state index is 0.175.